The number of hydrogen-bond donors (Lipinski definition) is 0. The van der Waals surface area contributed by atoms with E-state index in [1.807, 2.05) is 44.2 Å². The summed E-state index contributed by atoms with van der Waals surface area (Å²) in [6.07, 6.45) is 0.480. The Morgan fingerprint density at radius 3 is 2.70 bits per heavy atom. The van der Waals surface area contributed by atoms with Gasteiger partial charge in [-0.2, -0.15) is 0 Å². The Morgan fingerprint density at radius 2 is 1.85 bits per heavy atom. The Kier molecular flexibility index (Phi) is 3.41. The smallest absolute Gasteiger partial charge is 0.167 e. The fourth-order valence-electron chi connectivity index (χ4n) is 2.49. The van der Waals surface area contributed by atoms with Crippen LogP contribution in [0.2, 0.25) is 0 Å². The van der Waals surface area contributed by atoms with Gasteiger partial charge in [0.25, 0.3) is 0 Å². The summed E-state index contributed by atoms with van der Waals surface area (Å²) in [4.78, 5) is 12.5. The summed E-state index contributed by atoms with van der Waals surface area (Å²) in [6, 6.07) is 14.2. The van der Waals surface area contributed by atoms with E-state index in [0.29, 0.717) is 6.42 Å². The molecule has 3 rings (SSSR count). The summed E-state index contributed by atoms with van der Waals surface area (Å²) >= 11 is 1.71. The molecule has 0 radical (unpaired) electrons. The molecule has 0 saturated heterocycles. The summed E-state index contributed by atoms with van der Waals surface area (Å²) in [5.74, 6) is 0.203. The van der Waals surface area contributed by atoms with Crippen LogP contribution in [0.15, 0.2) is 47.8 Å². The van der Waals surface area contributed by atoms with Gasteiger partial charge >= 0.3 is 0 Å². The minimum absolute atomic E-state index is 0.203. The molecular formula is C18H16OS. The van der Waals surface area contributed by atoms with Crippen molar-refractivity contribution in [2.45, 2.75) is 20.3 Å². The third kappa shape index (κ3) is 2.27. The lowest BCUT2D eigenvalue weighted by atomic mass is 9.96. The highest BCUT2D eigenvalue weighted by molar-refractivity contribution is 7.17. The lowest BCUT2D eigenvalue weighted by Gasteiger charge is -2.07. The van der Waals surface area contributed by atoms with Gasteiger partial charge in [0.15, 0.2) is 5.78 Å². The van der Waals surface area contributed by atoms with Crippen molar-refractivity contribution in [2.75, 3.05) is 0 Å². The van der Waals surface area contributed by atoms with E-state index in [0.717, 1.165) is 16.7 Å². The van der Waals surface area contributed by atoms with Crippen molar-refractivity contribution in [2.24, 2.45) is 0 Å². The number of Topliss-reactive ketones (excluding diaryl/α,β-unsaturated/α-hetero) is 1. The molecule has 0 unspecified atom stereocenters. The van der Waals surface area contributed by atoms with Crippen molar-refractivity contribution in [3.63, 3.8) is 0 Å². The zero-order valence-corrected chi connectivity index (χ0v) is 12.5. The second kappa shape index (κ2) is 5.22. The highest BCUT2D eigenvalue weighted by Crippen LogP contribution is 2.27. The fraction of sp³-hybridized carbons (Fsp3) is 0.167. The Labute approximate surface area is 122 Å². The molecule has 0 aliphatic carbocycles. The average molecular weight is 280 g/mol. The maximum absolute atomic E-state index is 12.5. The maximum atomic E-state index is 12.5. The number of benzene rings is 2. The van der Waals surface area contributed by atoms with E-state index in [9.17, 15) is 4.79 Å². The van der Waals surface area contributed by atoms with Crippen LogP contribution in [0.5, 0.6) is 0 Å². The monoisotopic (exact) mass is 280 g/mol. The summed E-state index contributed by atoms with van der Waals surface area (Å²) in [5.41, 5.74) is 4.25. The van der Waals surface area contributed by atoms with Gasteiger partial charge in [-0.05, 0) is 47.4 Å². The van der Waals surface area contributed by atoms with Crippen molar-refractivity contribution in [1.29, 1.82) is 0 Å². The first-order valence-corrected chi connectivity index (χ1v) is 7.59. The Morgan fingerprint density at radius 1 is 1.05 bits per heavy atom. The van der Waals surface area contributed by atoms with Crippen LogP contribution in [0.1, 0.15) is 27.0 Å². The molecule has 0 amide bonds. The van der Waals surface area contributed by atoms with E-state index in [4.69, 9.17) is 0 Å². The van der Waals surface area contributed by atoms with E-state index in [2.05, 4.69) is 17.5 Å². The largest absolute Gasteiger partial charge is 0.294 e. The second-order valence-electron chi connectivity index (χ2n) is 5.10. The minimum Gasteiger partial charge on any atom is -0.294 e. The zero-order valence-electron chi connectivity index (χ0n) is 11.6. The summed E-state index contributed by atoms with van der Waals surface area (Å²) in [5, 5.41) is 3.31. The standard InChI is InChI=1S/C18H16OS/c1-12-6-5-8-15(13(12)2)17(19)10-14-11-20-18-9-4-3-7-16(14)18/h3-9,11H,10H2,1-2H3. The molecule has 100 valence electrons. The molecule has 0 fully saturated rings. The highest BCUT2D eigenvalue weighted by Gasteiger charge is 2.13. The number of aryl methyl sites for hydroxylation is 1. The Bertz CT molecular complexity index is 783. The summed E-state index contributed by atoms with van der Waals surface area (Å²) in [6.45, 7) is 4.07. The maximum Gasteiger partial charge on any atom is 0.167 e. The van der Waals surface area contributed by atoms with E-state index >= 15 is 0 Å². The number of fused-ring (bicyclic) bond motifs is 1. The molecule has 0 saturated carbocycles. The number of hydrogen-bond acceptors (Lipinski definition) is 2. The van der Waals surface area contributed by atoms with Crippen molar-refractivity contribution in [1.82, 2.24) is 0 Å². The van der Waals surface area contributed by atoms with Crippen molar-refractivity contribution < 1.29 is 4.79 Å². The first-order valence-electron chi connectivity index (χ1n) is 6.71. The summed E-state index contributed by atoms with van der Waals surface area (Å²) < 4.78 is 1.25. The van der Waals surface area contributed by atoms with Crippen LogP contribution in [0.3, 0.4) is 0 Å². The van der Waals surface area contributed by atoms with E-state index in [1.165, 1.54) is 15.6 Å². The first kappa shape index (κ1) is 13.1. The van der Waals surface area contributed by atoms with Crippen LogP contribution in [0.25, 0.3) is 10.1 Å². The lowest BCUT2D eigenvalue weighted by molar-refractivity contribution is 0.0992. The number of ketones is 1. The molecule has 1 heterocycles. The average Bonchev–Trinajstić information content (AvgIpc) is 2.85. The predicted octanol–water partition coefficient (Wildman–Crippen LogP) is 4.94. The van der Waals surface area contributed by atoms with Crippen LogP contribution < -0.4 is 0 Å². The van der Waals surface area contributed by atoms with Gasteiger partial charge in [0.05, 0.1) is 0 Å². The van der Waals surface area contributed by atoms with E-state index in [1.54, 1.807) is 11.3 Å². The molecule has 0 aliphatic heterocycles. The molecule has 3 aromatic rings. The topological polar surface area (TPSA) is 17.1 Å². The van der Waals surface area contributed by atoms with Crippen LogP contribution in [0.4, 0.5) is 0 Å². The quantitative estimate of drug-likeness (QED) is 0.621. The molecule has 0 bridgehead atoms. The molecule has 2 aromatic carbocycles. The number of thiophene rings is 1. The van der Waals surface area contributed by atoms with E-state index in [-0.39, 0.29) is 5.78 Å². The number of carbonyl (C=O) groups is 1. The van der Waals surface area contributed by atoms with Crippen molar-refractivity contribution in [3.05, 3.63) is 70.1 Å². The Balaban J connectivity index is 1.95. The van der Waals surface area contributed by atoms with Crippen LogP contribution in [0, 0.1) is 13.8 Å². The predicted molar refractivity (Wildman–Crippen MR) is 85.8 cm³/mol. The van der Waals surface area contributed by atoms with Gasteiger partial charge in [0, 0.05) is 16.7 Å². The lowest BCUT2D eigenvalue weighted by Crippen LogP contribution is -2.06. The third-order valence-corrected chi connectivity index (χ3v) is 4.83. The van der Waals surface area contributed by atoms with Gasteiger partial charge in [-0.25, -0.2) is 0 Å². The molecule has 0 aliphatic rings. The van der Waals surface area contributed by atoms with Crippen molar-refractivity contribution in [3.8, 4) is 0 Å². The van der Waals surface area contributed by atoms with Crippen LogP contribution in [-0.2, 0) is 6.42 Å². The zero-order chi connectivity index (χ0) is 14.1. The van der Waals surface area contributed by atoms with Gasteiger partial charge in [-0.15, -0.1) is 11.3 Å². The van der Waals surface area contributed by atoms with Gasteiger partial charge in [0.1, 0.15) is 0 Å². The molecule has 2 heteroatoms. The van der Waals surface area contributed by atoms with Gasteiger partial charge in [0.2, 0.25) is 0 Å². The number of carbonyl (C=O) groups excluding carboxylic acids is 1. The van der Waals surface area contributed by atoms with Gasteiger partial charge < -0.3 is 0 Å². The highest BCUT2D eigenvalue weighted by atomic mass is 32.1. The second-order valence-corrected chi connectivity index (χ2v) is 6.02. The van der Waals surface area contributed by atoms with Gasteiger partial charge in [-0.3, -0.25) is 4.79 Å². The van der Waals surface area contributed by atoms with Crippen molar-refractivity contribution >= 4 is 27.2 Å². The number of rotatable bonds is 3. The first-order chi connectivity index (χ1) is 9.66. The molecule has 0 N–H and O–H groups in total. The minimum atomic E-state index is 0.203. The Hall–Kier alpha value is -1.93. The van der Waals surface area contributed by atoms with Gasteiger partial charge in [-0.1, -0.05) is 36.4 Å². The molecule has 1 aromatic heterocycles. The SMILES string of the molecule is Cc1cccc(C(=O)Cc2csc3ccccc23)c1C. The fourth-order valence-corrected chi connectivity index (χ4v) is 3.45. The summed E-state index contributed by atoms with van der Waals surface area (Å²) in [7, 11) is 0. The molecule has 20 heavy (non-hydrogen) atoms. The molecular weight excluding hydrogens is 264 g/mol. The normalized spacial score (nSPS) is 10.9. The van der Waals surface area contributed by atoms with E-state index < -0.39 is 0 Å². The molecule has 0 spiro atoms. The molecule has 0 atom stereocenters. The van der Waals surface area contributed by atoms with Crippen LogP contribution in [-0.4, -0.2) is 5.78 Å². The molecule has 1 nitrogen and oxygen atoms in total. The third-order valence-electron chi connectivity index (χ3n) is 3.82. The van der Waals surface area contributed by atoms with Crippen LogP contribution >= 0.6 is 11.3 Å².